The molecule has 1 aliphatic heterocycles. The van der Waals surface area contributed by atoms with Crippen LogP contribution in [0.25, 0.3) is 0 Å². The van der Waals surface area contributed by atoms with Crippen molar-refractivity contribution in [1.29, 1.82) is 0 Å². The van der Waals surface area contributed by atoms with Gasteiger partial charge in [0.25, 0.3) is 5.91 Å². The number of benzene rings is 3. The smallest absolute Gasteiger partial charge is 0.410 e. The van der Waals surface area contributed by atoms with Crippen LogP contribution in [0.2, 0.25) is 0 Å². The number of carbonyl (C=O) groups is 3. The lowest BCUT2D eigenvalue weighted by Crippen LogP contribution is -2.51. The van der Waals surface area contributed by atoms with Crippen molar-refractivity contribution < 1.29 is 47.5 Å². The number of ketones is 1. The maximum atomic E-state index is 13.5. The van der Waals surface area contributed by atoms with Crippen LogP contribution >= 0.6 is 0 Å². The molecule has 49 heavy (non-hydrogen) atoms. The highest BCUT2D eigenvalue weighted by molar-refractivity contribution is 6.11. The molecule has 2 atom stereocenters. The Kier molecular flexibility index (Phi) is 13.4. The molecule has 0 bridgehead atoms. The van der Waals surface area contributed by atoms with Gasteiger partial charge in [-0.25, -0.2) is 4.79 Å². The molecule has 264 valence electrons. The van der Waals surface area contributed by atoms with Crippen molar-refractivity contribution in [1.82, 2.24) is 10.2 Å². The van der Waals surface area contributed by atoms with Crippen LogP contribution in [0.15, 0.2) is 66.7 Å². The van der Waals surface area contributed by atoms with E-state index in [1.165, 1.54) is 21.3 Å². The number of nitrogens with one attached hydrogen (secondary N) is 1. The first-order chi connectivity index (χ1) is 23.5. The van der Waals surface area contributed by atoms with Gasteiger partial charge in [-0.1, -0.05) is 24.3 Å². The van der Waals surface area contributed by atoms with Gasteiger partial charge in [0.2, 0.25) is 0 Å². The number of rotatable bonds is 14. The van der Waals surface area contributed by atoms with Gasteiger partial charge in [-0.15, -0.1) is 0 Å². The van der Waals surface area contributed by atoms with Gasteiger partial charge in [-0.2, -0.15) is 0 Å². The Morgan fingerprint density at radius 1 is 0.837 bits per heavy atom. The number of carbonyl (C=O) groups excluding carboxylic acids is 3. The molecule has 4 rings (SSSR count). The highest BCUT2D eigenvalue weighted by Gasteiger charge is 2.33. The average molecular weight is 679 g/mol. The zero-order chi connectivity index (χ0) is 35.4. The Balaban J connectivity index is 1.48. The van der Waals surface area contributed by atoms with E-state index in [2.05, 4.69) is 5.32 Å². The van der Waals surface area contributed by atoms with Crippen LogP contribution < -0.4 is 19.5 Å². The van der Waals surface area contributed by atoms with Crippen LogP contribution in [0.5, 0.6) is 17.2 Å². The molecule has 1 heterocycles. The van der Waals surface area contributed by atoms with Crippen LogP contribution in [0, 0.1) is 0 Å². The molecule has 1 aliphatic rings. The van der Waals surface area contributed by atoms with Gasteiger partial charge in [0.15, 0.2) is 19.4 Å². The first-order valence-corrected chi connectivity index (χ1v) is 16.1. The van der Waals surface area contributed by atoms with Crippen LogP contribution in [0.1, 0.15) is 65.5 Å². The van der Waals surface area contributed by atoms with Gasteiger partial charge in [0, 0.05) is 38.4 Å². The highest BCUT2D eigenvalue weighted by atomic mass is 16.7. The molecular weight excluding hydrogens is 632 g/mol. The number of likely N-dealkylation sites (tertiary alicyclic amines) is 1. The molecular formula is C37H46N2O10. The third-order valence-electron chi connectivity index (χ3n) is 7.65. The van der Waals surface area contributed by atoms with Gasteiger partial charge in [-0.3, -0.25) is 9.59 Å². The molecule has 12 heteroatoms. The molecule has 1 fully saturated rings. The SMILES string of the molecule is COCOc1ccc(C(=O)N[C@@H]2CN(C(=O)OC(C)(C)C)CCC[C@H]2OCc2ccc(C(=O)c3cc(OC)ccc3OCOC)cc2)cc1. The van der Waals surface area contributed by atoms with Crippen molar-refractivity contribution in [2.24, 2.45) is 0 Å². The minimum atomic E-state index is -0.663. The molecule has 0 radical (unpaired) electrons. The second-order valence-corrected chi connectivity index (χ2v) is 12.5. The van der Waals surface area contributed by atoms with E-state index in [1.54, 1.807) is 59.5 Å². The van der Waals surface area contributed by atoms with Crippen LogP contribution in [0.3, 0.4) is 0 Å². The lowest BCUT2D eigenvalue weighted by molar-refractivity contribution is 0.00419. The van der Waals surface area contributed by atoms with E-state index in [9.17, 15) is 14.4 Å². The summed E-state index contributed by atoms with van der Waals surface area (Å²) in [5.41, 5.74) is 1.42. The summed E-state index contributed by atoms with van der Waals surface area (Å²) < 4.78 is 38.4. The Morgan fingerprint density at radius 3 is 2.14 bits per heavy atom. The first-order valence-electron chi connectivity index (χ1n) is 16.1. The number of hydrogen-bond donors (Lipinski definition) is 1. The van der Waals surface area contributed by atoms with Crippen LogP contribution in [-0.4, -0.2) is 88.4 Å². The molecule has 1 N–H and O–H groups in total. The second kappa shape index (κ2) is 17.7. The van der Waals surface area contributed by atoms with Crippen molar-refractivity contribution in [2.45, 2.75) is 58.0 Å². The normalized spacial score (nSPS) is 16.3. The summed E-state index contributed by atoms with van der Waals surface area (Å²) in [7, 11) is 4.57. The fraction of sp³-hybridized carbons (Fsp3) is 0.432. The molecule has 3 aromatic carbocycles. The quantitative estimate of drug-likeness (QED) is 0.170. The first kappa shape index (κ1) is 37.2. The number of amides is 2. The van der Waals surface area contributed by atoms with Crippen LogP contribution in [-0.2, 0) is 25.6 Å². The van der Waals surface area contributed by atoms with E-state index in [4.69, 9.17) is 33.2 Å². The molecule has 0 aliphatic carbocycles. The van der Waals surface area contributed by atoms with Gasteiger partial charge >= 0.3 is 6.09 Å². The fourth-order valence-corrected chi connectivity index (χ4v) is 5.22. The fourth-order valence-electron chi connectivity index (χ4n) is 5.22. The van der Waals surface area contributed by atoms with E-state index in [1.807, 2.05) is 32.9 Å². The third-order valence-corrected chi connectivity index (χ3v) is 7.65. The lowest BCUT2D eigenvalue weighted by Gasteiger charge is -2.31. The number of nitrogens with zero attached hydrogens (tertiary/aromatic N) is 1. The molecule has 2 amide bonds. The topological polar surface area (TPSA) is 131 Å². The molecule has 0 aromatic heterocycles. The molecule has 3 aromatic rings. The predicted octanol–water partition coefficient (Wildman–Crippen LogP) is 5.61. The summed E-state index contributed by atoms with van der Waals surface area (Å²) in [6.45, 7) is 6.44. The Bertz CT molecular complexity index is 1540. The van der Waals surface area contributed by atoms with Crippen molar-refractivity contribution >= 4 is 17.8 Å². The predicted molar refractivity (Wildman–Crippen MR) is 181 cm³/mol. The van der Waals surface area contributed by atoms with Crippen molar-refractivity contribution in [3.8, 4) is 17.2 Å². The molecule has 1 saturated heterocycles. The van der Waals surface area contributed by atoms with E-state index >= 15 is 0 Å². The lowest BCUT2D eigenvalue weighted by atomic mass is 10.0. The third kappa shape index (κ3) is 10.9. The summed E-state index contributed by atoms with van der Waals surface area (Å²) in [4.78, 5) is 41.5. The highest BCUT2D eigenvalue weighted by Crippen LogP contribution is 2.27. The zero-order valence-corrected chi connectivity index (χ0v) is 29.0. The Morgan fingerprint density at radius 2 is 1.49 bits per heavy atom. The molecule has 0 unspecified atom stereocenters. The van der Waals surface area contributed by atoms with Crippen LogP contribution in [0.4, 0.5) is 4.79 Å². The number of methoxy groups -OCH3 is 3. The maximum absolute atomic E-state index is 13.5. The Hall–Kier alpha value is -4.65. The molecule has 0 saturated carbocycles. The van der Waals surface area contributed by atoms with Crippen molar-refractivity contribution in [2.75, 3.05) is 48.0 Å². The summed E-state index contributed by atoms with van der Waals surface area (Å²) >= 11 is 0. The monoisotopic (exact) mass is 678 g/mol. The average Bonchev–Trinajstić information content (AvgIpc) is 3.30. The standard InChI is InChI=1S/C37H46N2O10/c1-37(2,3)49-36(42)39-19-7-8-33(31(21-39)38-35(41)27-13-15-28(16-14-27)47-23-43-4)46-22-25-9-11-26(12-10-25)34(40)30-20-29(45-6)17-18-32(30)48-24-44-5/h9-18,20,31,33H,7-8,19,21-24H2,1-6H3,(H,38,41)/t31-,33-/m1/s1. The Labute approximate surface area is 287 Å². The minimum absolute atomic E-state index is 0.00282. The largest absolute Gasteiger partial charge is 0.497 e. The summed E-state index contributed by atoms with van der Waals surface area (Å²) in [5, 5.41) is 3.09. The van der Waals surface area contributed by atoms with Gasteiger partial charge < -0.3 is 43.4 Å². The minimum Gasteiger partial charge on any atom is -0.497 e. The summed E-state index contributed by atoms with van der Waals surface area (Å²) in [6, 6.07) is 18.3. The second-order valence-electron chi connectivity index (χ2n) is 12.5. The van der Waals surface area contributed by atoms with E-state index < -0.39 is 23.8 Å². The summed E-state index contributed by atoms with van der Waals surface area (Å²) in [5.74, 6) is 0.946. The van der Waals surface area contributed by atoms with E-state index in [-0.39, 0.29) is 38.4 Å². The van der Waals surface area contributed by atoms with E-state index in [0.29, 0.717) is 53.3 Å². The zero-order valence-electron chi connectivity index (χ0n) is 29.0. The van der Waals surface area contributed by atoms with Crippen molar-refractivity contribution in [3.63, 3.8) is 0 Å². The van der Waals surface area contributed by atoms with Gasteiger partial charge in [-0.05, 0) is 81.6 Å². The maximum Gasteiger partial charge on any atom is 0.410 e. The van der Waals surface area contributed by atoms with Gasteiger partial charge in [0.1, 0.15) is 22.8 Å². The molecule has 12 nitrogen and oxygen atoms in total. The number of ether oxygens (including phenoxy) is 7. The van der Waals surface area contributed by atoms with E-state index in [0.717, 1.165) is 5.56 Å². The summed E-state index contributed by atoms with van der Waals surface area (Å²) in [6.07, 6.45) is 0.409. The van der Waals surface area contributed by atoms with Crippen molar-refractivity contribution in [3.05, 3.63) is 89.0 Å². The van der Waals surface area contributed by atoms with Gasteiger partial charge in [0.05, 0.1) is 31.4 Å². The number of hydrogen-bond acceptors (Lipinski definition) is 10. The molecule has 0 spiro atoms.